The summed E-state index contributed by atoms with van der Waals surface area (Å²) < 4.78 is 30.9. The standard InChI is InChI=1S/C20H26N2O4S/c1-5-26-19-8-6-7-17(13-19)21-20(23)14-22(27(4,24)25)18-11-9-16(10-12-18)15(2)3/h6-13,15H,5,14H2,1-4H3,(H,21,23). The highest BCUT2D eigenvalue weighted by Crippen LogP contribution is 2.22. The van der Waals surface area contributed by atoms with Gasteiger partial charge in [0, 0.05) is 11.8 Å². The van der Waals surface area contributed by atoms with Crippen LogP contribution in [0, 0.1) is 0 Å². The van der Waals surface area contributed by atoms with E-state index in [-0.39, 0.29) is 6.54 Å². The van der Waals surface area contributed by atoms with Crippen molar-refractivity contribution in [2.45, 2.75) is 26.7 Å². The molecular formula is C20H26N2O4S. The predicted octanol–water partition coefficient (Wildman–Crippen LogP) is 3.61. The summed E-state index contributed by atoms with van der Waals surface area (Å²) in [5, 5.41) is 2.72. The monoisotopic (exact) mass is 390 g/mol. The van der Waals surface area contributed by atoms with Gasteiger partial charge < -0.3 is 10.1 Å². The lowest BCUT2D eigenvalue weighted by Gasteiger charge is -2.22. The summed E-state index contributed by atoms with van der Waals surface area (Å²) in [7, 11) is -3.61. The second-order valence-electron chi connectivity index (χ2n) is 6.52. The number of ether oxygens (including phenoxy) is 1. The molecule has 0 aliphatic rings. The number of nitrogens with one attached hydrogen (secondary N) is 1. The fourth-order valence-electron chi connectivity index (χ4n) is 2.59. The molecule has 0 fully saturated rings. The van der Waals surface area contributed by atoms with Gasteiger partial charge >= 0.3 is 0 Å². The zero-order valence-corrected chi connectivity index (χ0v) is 16.9. The Morgan fingerprint density at radius 1 is 1.15 bits per heavy atom. The van der Waals surface area contributed by atoms with Crippen LogP contribution in [-0.4, -0.2) is 33.7 Å². The Morgan fingerprint density at radius 2 is 1.81 bits per heavy atom. The van der Waals surface area contributed by atoms with Crippen molar-refractivity contribution in [3.8, 4) is 5.75 Å². The highest BCUT2D eigenvalue weighted by atomic mass is 32.2. The predicted molar refractivity (Wildman–Crippen MR) is 109 cm³/mol. The number of hydrogen-bond donors (Lipinski definition) is 1. The van der Waals surface area contributed by atoms with Crippen LogP contribution in [0.2, 0.25) is 0 Å². The molecule has 7 heteroatoms. The van der Waals surface area contributed by atoms with Gasteiger partial charge in [-0.3, -0.25) is 9.10 Å². The average molecular weight is 391 g/mol. The van der Waals surface area contributed by atoms with Gasteiger partial charge in [0.05, 0.1) is 18.6 Å². The quantitative estimate of drug-likeness (QED) is 0.747. The van der Waals surface area contributed by atoms with Crippen LogP contribution in [0.25, 0.3) is 0 Å². The number of carbonyl (C=O) groups excluding carboxylic acids is 1. The lowest BCUT2D eigenvalue weighted by atomic mass is 10.0. The summed E-state index contributed by atoms with van der Waals surface area (Å²) in [5.41, 5.74) is 2.11. The maximum absolute atomic E-state index is 12.4. The molecule has 0 bridgehead atoms. The maximum Gasteiger partial charge on any atom is 0.245 e. The summed E-state index contributed by atoms with van der Waals surface area (Å²) in [5.74, 6) is 0.549. The number of anilines is 2. The van der Waals surface area contributed by atoms with E-state index in [1.54, 1.807) is 36.4 Å². The number of sulfonamides is 1. The van der Waals surface area contributed by atoms with Gasteiger partial charge in [-0.05, 0) is 42.7 Å². The first-order valence-electron chi connectivity index (χ1n) is 8.81. The Balaban J connectivity index is 2.16. The summed E-state index contributed by atoms with van der Waals surface area (Å²) in [6, 6.07) is 14.2. The third-order valence-corrected chi connectivity index (χ3v) is 5.10. The molecule has 1 amide bonds. The molecule has 0 atom stereocenters. The third kappa shape index (κ3) is 5.99. The van der Waals surface area contributed by atoms with Crippen molar-refractivity contribution >= 4 is 27.3 Å². The molecule has 0 saturated heterocycles. The number of rotatable bonds is 8. The van der Waals surface area contributed by atoms with Gasteiger partial charge in [-0.25, -0.2) is 8.42 Å². The molecule has 0 spiro atoms. The minimum atomic E-state index is -3.61. The summed E-state index contributed by atoms with van der Waals surface area (Å²) in [6.45, 7) is 6.21. The van der Waals surface area contributed by atoms with Crippen LogP contribution in [0.5, 0.6) is 5.75 Å². The minimum Gasteiger partial charge on any atom is -0.494 e. The Labute approximate surface area is 161 Å². The molecule has 2 aromatic rings. The summed E-state index contributed by atoms with van der Waals surface area (Å²) in [4.78, 5) is 12.4. The van der Waals surface area contributed by atoms with E-state index in [2.05, 4.69) is 19.2 Å². The fraction of sp³-hybridized carbons (Fsp3) is 0.350. The van der Waals surface area contributed by atoms with Gasteiger partial charge in [0.2, 0.25) is 15.9 Å². The van der Waals surface area contributed by atoms with Gasteiger partial charge in [0.15, 0.2) is 0 Å². The average Bonchev–Trinajstić information content (AvgIpc) is 2.59. The van der Waals surface area contributed by atoms with E-state index in [9.17, 15) is 13.2 Å². The van der Waals surface area contributed by atoms with E-state index in [4.69, 9.17) is 4.74 Å². The summed E-state index contributed by atoms with van der Waals surface area (Å²) >= 11 is 0. The summed E-state index contributed by atoms with van der Waals surface area (Å²) in [6.07, 6.45) is 1.09. The molecule has 6 nitrogen and oxygen atoms in total. The zero-order valence-electron chi connectivity index (χ0n) is 16.1. The Hall–Kier alpha value is -2.54. The van der Waals surface area contributed by atoms with E-state index < -0.39 is 15.9 Å². The first kappa shape index (κ1) is 20.8. The van der Waals surface area contributed by atoms with Gasteiger partial charge in [-0.2, -0.15) is 0 Å². The van der Waals surface area contributed by atoms with E-state index in [0.29, 0.717) is 29.6 Å². The zero-order chi connectivity index (χ0) is 20.0. The first-order valence-corrected chi connectivity index (χ1v) is 10.7. The molecular weight excluding hydrogens is 364 g/mol. The highest BCUT2D eigenvalue weighted by Gasteiger charge is 2.21. The van der Waals surface area contributed by atoms with Gasteiger partial charge in [-0.1, -0.05) is 32.0 Å². The largest absolute Gasteiger partial charge is 0.494 e. The van der Waals surface area contributed by atoms with Crippen molar-refractivity contribution in [3.05, 3.63) is 54.1 Å². The van der Waals surface area contributed by atoms with Gasteiger partial charge in [0.1, 0.15) is 12.3 Å². The van der Waals surface area contributed by atoms with Crippen LogP contribution in [0.3, 0.4) is 0 Å². The molecule has 0 aliphatic heterocycles. The van der Waals surface area contributed by atoms with Crippen LogP contribution in [-0.2, 0) is 14.8 Å². The molecule has 146 valence electrons. The van der Waals surface area contributed by atoms with Crippen molar-refractivity contribution in [1.29, 1.82) is 0 Å². The van der Waals surface area contributed by atoms with E-state index in [0.717, 1.165) is 16.1 Å². The van der Waals surface area contributed by atoms with E-state index in [1.807, 2.05) is 19.1 Å². The molecule has 0 saturated carbocycles. The van der Waals surface area contributed by atoms with Crippen LogP contribution < -0.4 is 14.4 Å². The van der Waals surface area contributed by atoms with Gasteiger partial charge in [0.25, 0.3) is 0 Å². The second-order valence-corrected chi connectivity index (χ2v) is 8.43. The minimum absolute atomic E-state index is 0.307. The first-order chi connectivity index (χ1) is 12.7. The topological polar surface area (TPSA) is 75.7 Å². The maximum atomic E-state index is 12.4. The van der Waals surface area contributed by atoms with Crippen molar-refractivity contribution in [2.75, 3.05) is 29.0 Å². The van der Waals surface area contributed by atoms with Crippen LogP contribution >= 0.6 is 0 Å². The molecule has 1 N–H and O–H groups in total. The smallest absolute Gasteiger partial charge is 0.245 e. The molecule has 27 heavy (non-hydrogen) atoms. The molecule has 0 aliphatic carbocycles. The van der Waals surface area contributed by atoms with Crippen LogP contribution in [0.4, 0.5) is 11.4 Å². The van der Waals surface area contributed by atoms with Crippen LogP contribution in [0.1, 0.15) is 32.3 Å². The fourth-order valence-corrected chi connectivity index (χ4v) is 3.44. The SMILES string of the molecule is CCOc1cccc(NC(=O)CN(c2ccc(C(C)C)cc2)S(C)(=O)=O)c1. The Bertz CT molecular complexity index is 877. The highest BCUT2D eigenvalue weighted by molar-refractivity contribution is 7.92. The number of nitrogens with zero attached hydrogens (tertiary/aromatic N) is 1. The lowest BCUT2D eigenvalue weighted by Crippen LogP contribution is -2.37. The van der Waals surface area contributed by atoms with E-state index in [1.165, 1.54) is 0 Å². The Kier molecular flexibility index (Phi) is 6.85. The Morgan fingerprint density at radius 3 is 2.37 bits per heavy atom. The lowest BCUT2D eigenvalue weighted by molar-refractivity contribution is -0.114. The van der Waals surface area contributed by atoms with Crippen molar-refractivity contribution in [1.82, 2.24) is 0 Å². The normalized spacial score (nSPS) is 11.3. The third-order valence-electron chi connectivity index (χ3n) is 3.96. The van der Waals surface area contributed by atoms with E-state index >= 15 is 0 Å². The van der Waals surface area contributed by atoms with Crippen molar-refractivity contribution in [3.63, 3.8) is 0 Å². The van der Waals surface area contributed by atoms with Gasteiger partial charge in [-0.15, -0.1) is 0 Å². The molecule has 0 unspecified atom stereocenters. The number of amides is 1. The molecule has 0 heterocycles. The number of carbonyl (C=O) groups is 1. The van der Waals surface area contributed by atoms with Crippen LogP contribution in [0.15, 0.2) is 48.5 Å². The molecule has 2 aromatic carbocycles. The molecule has 0 radical (unpaired) electrons. The second kappa shape index (κ2) is 8.90. The molecule has 0 aromatic heterocycles. The molecule has 2 rings (SSSR count). The number of benzene rings is 2. The van der Waals surface area contributed by atoms with Crippen molar-refractivity contribution < 1.29 is 17.9 Å². The van der Waals surface area contributed by atoms with Crippen molar-refractivity contribution in [2.24, 2.45) is 0 Å². The number of hydrogen-bond acceptors (Lipinski definition) is 4.